The highest BCUT2D eigenvalue weighted by Gasteiger charge is 2.40. The third kappa shape index (κ3) is 3.24. The highest BCUT2D eigenvalue weighted by Crippen LogP contribution is 2.33. The monoisotopic (exact) mass is 352 g/mol. The Hall–Kier alpha value is -2.09. The van der Waals surface area contributed by atoms with Crippen LogP contribution in [-0.4, -0.2) is 49.9 Å². The van der Waals surface area contributed by atoms with Crippen LogP contribution in [0.1, 0.15) is 20.3 Å². The summed E-state index contributed by atoms with van der Waals surface area (Å²) in [5, 5.41) is 2.77. The van der Waals surface area contributed by atoms with Crippen molar-refractivity contribution in [3.8, 4) is 5.75 Å². The summed E-state index contributed by atoms with van der Waals surface area (Å²) < 4.78 is 28.8. The van der Waals surface area contributed by atoms with Crippen molar-refractivity contribution < 1.29 is 22.7 Å². The molecule has 1 saturated heterocycles. The minimum Gasteiger partial charge on any atom is -0.479 e. The summed E-state index contributed by atoms with van der Waals surface area (Å²) in [7, 11) is -3.12. The van der Waals surface area contributed by atoms with Crippen molar-refractivity contribution in [3.63, 3.8) is 0 Å². The van der Waals surface area contributed by atoms with Crippen LogP contribution < -0.4 is 15.0 Å². The fourth-order valence-electron chi connectivity index (χ4n) is 3.15. The average molecular weight is 352 g/mol. The van der Waals surface area contributed by atoms with E-state index in [1.54, 1.807) is 38.1 Å². The highest BCUT2D eigenvalue weighted by atomic mass is 32.2. The zero-order valence-corrected chi connectivity index (χ0v) is 14.4. The summed E-state index contributed by atoms with van der Waals surface area (Å²) >= 11 is 0. The van der Waals surface area contributed by atoms with Crippen LogP contribution in [-0.2, 0) is 19.4 Å². The van der Waals surface area contributed by atoms with Gasteiger partial charge >= 0.3 is 0 Å². The number of carbonyl (C=O) groups excluding carboxylic acids is 2. The van der Waals surface area contributed by atoms with Crippen LogP contribution >= 0.6 is 0 Å². The lowest BCUT2D eigenvalue weighted by molar-refractivity contribution is -0.128. The Balaban J connectivity index is 1.76. The lowest BCUT2D eigenvalue weighted by atomic mass is 10.0. The molecule has 0 aromatic heterocycles. The normalized spacial score (nSPS) is 28.2. The standard InChI is InChI=1S/C16H20N2O5S/c1-11-15(20)18(12-5-3-4-6-13(12)23-11)9-14(19)17-16(2)7-8-24(21,22)10-16/h3-6,11H,7-10H2,1-2H3,(H,17,19)/t11-,16+/m1/s1. The number of nitrogens with zero attached hydrogens (tertiary/aromatic N) is 1. The Morgan fingerprint density at radius 1 is 1.42 bits per heavy atom. The first kappa shape index (κ1) is 16.8. The van der Waals surface area contributed by atoms with Crippen molar-refractivity contribution >= 4 is 27.3 Å². The van der Waals surface area contributed by atoms with Crippen LogP contribution in [0.15, 0.2) is 24.3 Å². The molecule has 2 amide bonds. The molecule has 0 aliphatic carbocycles. The number of benzene rings is 1. The number of carbonyl (C=O) groups is 2. The van der Waals surface area contributed by atoms with Crippen molar-refractivity contribution in [2.24, 2.45) is 0 Å². The number of nitrogens with one attached hydrogen (secondary N) is 1. The number of hydrogen-bond acceptors (Lipinski definition) is 5. The number of rotatable bonds is 3. The van der Waals surface area contributed by atoms with Crippen LogP contribution in [0.3, 0.4) is 0 Å². The molecule has 0 radical (unpaired) electrons. The first-order chi connectivity index (χ1) is 11.2. The molecule has 0 unspecified atom stereocenters. The number of hydrogen-bond donors (Lipinski definition) is 1. The van der Waals surface area contributed by atoms with Crippen molar-refractivity contribution in [1.82, 2.24) is 5.32 Å². The van der Waals surface area contributed by atoms with Gasteiger partial charge in [0.1, 0.15) is 12.3 Å². The molecule has 1 aromatic rings. The molecule has 0 spiro atoms. The molecule has 8 heteroatoms. The summed E-state index contributed by atoms with van der Waals surface area (Å²) in [5.74, 6) is -0.136. The minimum absolute atomic E-state index is 0.0696. The SMILES string of the molecule is C[C@H]1Oc2ccccc2N(CC(=O)N[C@@]2(C)CCS(=O)(=O)C2)C1=O. The molecule has 1 N–H and O–H groups in total. The quantitative estimate of drug-likeness (QED) is 0.855. The molecule has 2 heterocycles. The third-order valence-electron chi connectivity index (χ3n) is 4.32. The van der Waals surface area contributed by atoms with Crippen molar-refractivity contribution in [1.29, 1.82) is 0 Å². The maximum Gasteiger partial charge on any atom is 0.268 e. The highest BCUT2D eigenvalue weighted by molar-refractivity contribution is 7.91. The van der Waals surface area contributed by atoms with Gasteiger partial charge in [0, 0.05) is 0 Å². The van der Waals surface area contributed by atoms with E-state index in [-0.39, 0.29) is 29.9 Å². The van der Waals surface area contributed by atoms with Crippen LogP contribution in [0.25, 0.3) is 0 Å². The van der Waals surface area contributed by atoms with Gasteiger partial charge in [-0.15, -0.1) is 0 Å². The fourth-order valence-corrected chi connectivity index (χ4v) is 5.24. The first-order valence-electron chi connectivity index (χ1n) is 7.78. The topological polar surface area (TPSA) is 92.8 Å². The van der Waals surface area contributed by atoms with E-state index in [2.05, 4.69) is 5.32 Å². The van der Waals surface area contributed by atoms with Gasteiger partial charge in [-0.1, -0.05) is 12.1 Å². The van der Waals surface area contributed by atoms with Gasteiger partial charge in [-0.05, 0) is 32.4 Å². The molecule has 2 aliphatic rings. The van der Waals surface area contributed by atoms with Gasteiger partial charge in [0.15, 0.2) is 15.9 Å². The molecule has 0 bridgehead atoms. The van der Waals surface area contributed by atoms with E-state index in [1.165, 1.54) is 4.90 Å². The first-order valence-corrected chi connectivity index (χ1v) is 9.60. The van der Waals surface area contributed by atoms with Gasteiger partial charge in [-0.3, -0.25) is 14.5 Å². The second-order valence-electron chi connectivity index (χ2n) is 6.60. The summed E-state index contributed by atoms with van der Waals surface area (Å²) in [4.78, 5) is 26.2. The number of anilines is 1. The Morgan fingerprint density at radius 2 is 2.12 bits per heavy atom. The van der Waals surface area contributed by atoms with E-state index in [0.717, 1.165) is 0 Å². The Labute approximate surface area is 140 Å². The van der Waals surface area contributed by atoms with Crippen molar-refractivity contribution in [2.75, 3.05) is 23.0 Å². The van der Waals surface area contributed by atoms with E-state index in [0.29, 0.717) is 17.9 Å². The number of amides is 2. The second-order valence-corrected chi connectivity index (χ2v) is 8.79. The largest absolute Gasteiger partial charge is 0.479 e. The molecule has 1 fully saturated rings. The van der Waals surface area contributed by atoms with Crippen molar-refractivity contribution in [3.05, 3.63) is 24.3 Å². The predicted octanol–water partition coefficient (Wildman–Crippen LogP) is 0.494. The van der Waals surface area contributed by atoms with E-state index in [9.17, 15) is 18.0 Å². The molecule has 1 aromatic carbocycles. The molecule has 3 rings (SSSR count). The lowest BCUT2D eigenvalue weighted by Crippen LogP contribution is -2.53. The molecule has 2 aliphatic heterocycles. The number of ether oxygens (including phenoxy) is 1. The average Bonchev–Trinajstić information content (AvgIpc) is 2.77. The van der Waals surface area contributed by atoms with Gasteiger partial charge in [0.05, 0.1) is 22.7 Å². The third-order valence-corrected chi connectivity index (χ3v) is 6.22. The molecular weight excluding hydrogens is 332 g/mol. The molecule has 2 atom stereocenters. The molecule has 24 heavy (non-hydrogen) atoms. The maximum absolute atomic E-state index is 12.4. The van der Waals surface area contributed by atoms with Gasteiger partial charge < -0.3 is 10.1 Å². The van der Waals surface area contributed by atoms with E-state index < -0.39 is 21.5 Å². The molecule has 7 nitrogen and oxygen atoms in total. The van der Waals surface area contributed by atoms with Crippen LogP contribution in [0.5, 0.6) is 5.75 Å². The maximum atomic E-state index is 12.4. The zero-order chi connectivity index (χ0) is 17.5. The Bertz CT molecular complexity index is 791. The summed E-state index contributed by atoms with van der Waals surface area (Å²) in [6.07, 6.45) is -0.291. The smallest absolute Gasteiger partial charge is 0.268 e. The summed E-state index contributed by atoms with van der Waals surface area (Å²) in [5.41, 5.74) is -0.240. The molecular formula is C16H20N2O5S. The van der Waals surface area contributed by atoms with E-state index in [4.69, 9.17) is 4.74 Å². The lowest BCUT2D eigenvalue weighted by Gasteiger charge is -2.33. The second kappa shape index (κ2) is 5.77. The van der Waals surface area contributed by atoms with Crippen LogP contribution in [0, 0.1) is 0 Å². The van der Waals surface area contributed by atoms with Gasteiger partial charge in [-0.2, -0.15) is 0 Å². The van der Waals surface area contributed by atoms with E-state index in [1.807, 2.05) is 0 Å². The van der Waals surface area contributed by atoms with Gasteiger partial charge in [-0.25, -0.2) is 8.42 Å². The molecule has 130 valence electrons. The molecule has 0 saturated carbocycles. The Kier molecular flexibility index (Phi) is 4.03. The van der Waals surface area contributed by atoms with E-state index >= 15 is 0 Å². The predicted molar refractivity (Wildman–Crippen MR) is 88.7 cm³/mol. The van der Waals surface area contributed by atoms with Gasteiger partial charge in [0.25, 0.3) is 5.91 Å². The summed E-state index contributed by atoms with van der Waals surface area (Å²) in [6, 6.07) is 7.02. The fraction of sp³-hybridized carbons (Fsp3) is 0.500. The minimum atomic E-state index is -3.12. The zero-order valence-electron chi connectivity index (χ0n) is 13.6. The van der Waals surface area contributed by atoms with Crippen molar-refractivity contribution in [2.45, 2.75) is 31.9 Å². The number of fused-ring (bicyclic) bond motifs is 1. The van der Waals surface area contributed by atoms with Crippen LogP contribution in [0.2, 0.25) is 0 Å². The summed E-state index contributed by atoms with van der Waals surface area (Å²) in [6.45, 7) is 3.18. The number of para-hydroxylation sites is 2. The number of sulfone groups is 1. The van der Waals surface area contributed by atoms with Gasteiger partial charge in [0.2, 0.25) is 5.91 Å². The Morgan fingerprint density at radius 3 is 2.79 bits per heavy atom. The van der Waals surface area contributed by atoms with Crippen LogP contribution in [0.4, 0.5) is 5.69 Å².